The Bertz CT molecular complexity index is 971. The van der Waals surface area contributed by atoms with Gasteiger partial charge in [-0.2, -0.15) is 0 Å². The van der Waals surface area contributed by atoms with Gasteiger partial charge in [0.2, 0.25) is 0 Å². The van der Waals surface area contributed by atoms with Gasteiger partial charge in [-0.3, -0.25) is 0 Å². The van der Waals surface area contributed by atoms with Crippen molar-refractivity contribution in [2.75, 3.05) is 7.11 Å². The third-order valence-electron chi connectivity index (χ3n) is 11.0. The number of carbonyl (C=O) groups is 1. The van der Waals surface area contributed by atoms with E-state index in [0.717, 1.165) is 31.2 Å². The van der Waals surface area contributed by atoms with E-state index in [9.17, 15) is 4.79 Å². The van der Waals surface area contributed by atoms with E-state index in [1.807, 2.05) is 6.07 Å². The van der Waals surface area contributed by atoms with E-state index >= 15 is 0 Å². The Morgan fingerprint density at radius 1 is 0.969 bits per heavy atom. The molecule has 6 heteroatoms. The van der Waals surface area contributed by atoms with E-state index in [1.165, 1.54) is 0 Å². The number of fused-ring (bicyclic) bond motifs is 3. The Kier molecular flexibility index (Phi) is 3.85. The molecule has 1 spiro atoms. The van der Waals surface area contributed by atoms with E-state index in [-0.39, 0.29) is 33.9 Å². The molecule has 5 fully saturated rings. The molecule has 2 aliphatic carbocycles. The smallest absolute Gasteiger partial charge is 0.339 e. The van der Waals surface area contributed by atoms with Crippen LogP contribution in [0.3, 0.4) is 0 Å². The molecular formula is C26H36O6. The summed E-state index contributed by atoms with van der Waals surface area (Å²) in [5.41, 5.74) is -0.604. The van der Waals surface area contributed by atoms with Crippen LogP contribution in [0.25, 0.3) is 0 Å². The number of esters is 1. The van der Waals surface area contributed by atoms with Crippen molar-refractivity contribution >= 4 is 5.97 Å². The summed E-state index contributed by atoms with van der Waals surface area (Å²) in [7, 11) is 1.77. The number of ether oxygens (including phenoxy) is 4. The SMILES string of the molecule is CO[C@@]1(C)OC(C)(C)C2CC[C@]3(C)C(CC[C@@]4(C)[C@H](c5ccoc5)OC(=O)[C@H]5O[C@]543)[C@]21C. The number of rotatable bonds is 2. The van der Waals surface area contributed by atoms with Gasteiger partial charge in [-0.1, -0.05) is 20.8 Å². The average Bonchev–Trinajstić information content (AvgIpc) is 3.24. The lowest BCUT2D eigenvalue weighted by Crippen LogP contribution is -2.69. The fraction of sp³-hybridized carbons (Fsp3) is 0.808. The minimum atomic E-state index is -0.693. The first-order chi connectivity index (χ1) is 14.9. The summed E-state index contributed by atoms with van der Waals surface area (Å²) in [6.07, 6.45) is 6.46. The normalized spacial score (nSPS) is 55.3. The van der Waals surface area contributed by atoms with Gasteiger partial charge in [0.1, 0.15) is 11.7 Å². The number of hydrogen-bond acceptors (Lipinski definition) is 6. The van der Waals surface area contributed by atoms with Crippen LogP contribution in [0.1, 0.15) is 78.9 Å². The zero-order valence-corrected chi connectivity index (χ0v) is 20.3. The minimum absolute atomic E-state index is 0.194. The standard InChI is InChI=1S/C26H36O6/c1-21(2)16-8-11-22(3)17(24(16,5)25(6,28-7)32-21)9-12-23(4)18(15-10-13-29-14-15)30-20(27)19-26(22,23)31-19/h10,13-14,16-19H,8-9,11-12H2,1-7H3/t16?,17?,18-,19+,22+,23-,24-,25-,26-/m0/s1. The highest BCUT2D eigenvalue weighted by molar-refractivity contribution is 5.82. The molecule has 2 unspecified atom stereocenters. The second-order valence-corrected chi connectivity index (χ2v) is 12.3. The van der Waals surface area contributed by atoms with E-state index < -0.39 is 17.5 Å². The number of carbonyl (C=O) groups excluding carboxylic acids is 1. The fourth-order valence-corrected chi connectivity index (χ4v) is 9.54. The second kappa shape index (κ2) is 5.81. The van der Waals surface area contributed by atoms with Gasteiger partial charge in [0.15, 0.2) is 11.9 Å². The molecule has 0 amide bonds. The molecule has 9 atom stereocenters. The first-order valence-electron chi connectivity index (χ1n) is 12.1. The highest BCUT2D eigenvalue weighted by Gasteiger charge is 2.87. The molecule has 0 N–H and O–H groups in total. The van der Waals surface area contributed by atoms with Gasteiger partial charge in [0.05, 0.1) is 18.1 Å². The van der Waals surface area contributed by atoms with Crippen molar-refractivity contribution in [2.24, 2.45) is 28.1 Å². The molecule has 2 saturated carbocycles. The van der Waals surface area contributed by atoms with E-state index in [1.54, 1.807) is 19.6 Å². The van der Waals surface area contributed by atoms with Crippen LogP contribution in [-0.2, 0) is 23.7 Å². The quantitative estimate of drug-likeness (QED) is 0.471. The van der Waals surface area contributed by atoms with Crippen LogP contribution < -0.4 is 0 Å². The molecule has 3 aliphatic heterocycles. The van der Waals surface area contributed by atoms with Crippen LogP contribution in [0.4, 0.5) is 0 Å². The van der Waals surface area contributed by atoms with Crippen molar-refractivity contribution in [1.29, 1.82) is 0 Å². The summed E-state index contributed by atoms with van der Waals surface area (Å²) in [4.78, 5) is 13.1. The molecule has 3 saturated heterocycles. The van der Waals surface area contributed by atoms with Crippen molar-refractivity contribution in [1.82, 2.24) is 0 Å². The third-order valence-corrected chi connectivity index (χ3v) is 11.0. The molecule has 6 nitrogen and oxygen atoms in total. The van der Waals surface area contributed by atoms with Gasteiger partial charge in [0.25, 0.3) is 0 Å². The zero-order valence-electron chi connectivity index (χ0n) is 20.3. The number of epoxide rings is 1. The van der Waals surface area contributed by atoms with Crippen molar-refractivity contribution < 1.29 is 28.2 Å². The van der Waals surface area contributed by atoms with Gasteiger partial charge in [-0.05, 0) is 64.4 Å². The Balaban J connectivity index is 1.50. The van der Waals surface area contributed by atoms with Crippen LogP contribution in [0, 0.1) is 28.1 Å². The summed E-state index contributed by atoms with van der Waals surface area (Å²) in [5, 5.41) is 0. The molecule has 5 aliphatic rings. The first-order valence-corrected chi connectivity index (χ1v) is 12.1. The number of hydrogen-bond donors (Lipinski definition) is 0. The summed E-state index contributed by atoms with van der Waals surface area (Å²) in [5.74, 6) is -0.257. The fourth-order valence-electron chi connectivity index (χ4n) is 9.54. The predicted molar refractivity (Wildman–Crippen MR) is 115 cm³/mol. The summed E-state index contributed by atoms with van der Waals surface area (Å²) < 4.78 is 30.7. The van der Waals surface area contributed by atoms with E-state index in [0.29, 0.717) is 11.8 Å². The molecule has 32 heavy (non-hydrogen) atoms. The second-order valence-electron chi connectivity index (χ2n) is 12.3. The van der Waals surface area contributed by atoms with Crippen LogP contribution >= 0.6 is 0 Å². The monoisotopic (exact) mass is 444 g/mol. The van der Waals surface area contributed by atoms with E-state index in [4.69, 9.17) is 23.4 Å². The largest absolute Gasteiger partial charge is 0.472 e. The van der Waals surface area contributed by atoms with Gasteiger partial charge in [-0.15, -0.1) is 0 Å². The molecular weight excluding hydrogens is 408 g/mol. The van der Waals surface area contributed by atoms with Crippen LogP contribution in [-0.4, -0.2) is 36.2 Å². The molecule has 0 radical (unpaired) electrons. The lowest BCUT2D eigenvalue weighted by molar-refractivity contribution is -0.290. The predicted octanol–water partition coefficient (Wildman–Crippen LogP) is 5.03. The Hall–Kier alpha value is -1.37. The minimum Gasteiger partial charge on any atom is -0.472 e. The molecule has 1 aromatic heterocycles. The highest BCUT2D eigenvalue weighted by Crippen LogP contribution is 2.81. The molecule has 176 valence electrons. The molecule has 0 bridgehead atoms. The summed E-state index contributed by atoms with van der Waals surface area (Å²) in [6.45, 7) is 13.5. The zero-order chi connectivity index (χ0) is 22.9. The van der Waals surface area contributed by atoms with Gasteiger partial charge in [0, 0.05) is 28.9 Å². The van der Waals surface area contributed by atoms with Crippen LogP contribution in [0.5, 0.6) is 0 Å². The lowest BCUT2D eigenvalue weighted by Gasteiger charge is -2.66. The maximum Gasteiger partial charge on any atom is 0.339 e. The van der Waals surface area contributed by atoms with Crippen molar-refractivity contribution in [3.8, 4) is 0 Å². The average molecular weight is 445 g/mol. The van der Waals surface area contributed by atoms with Crippen LogP contribution in [0.2, 0.25) is 0 Å². The third kappa shape index (κ3) is 2.00. The van der Waals surface area contributed by atoms with Crippen molar-refractivity contribution in [2.45, 2.75) is 96.4 Å². The highest BCUT2D eigenvalue weighted by atomic mass is 16.7. The van der Waals surface area contributed by atoms with Gasteiger partial charge < -0.3 is 23.4 Å². The molecule has 0 aromatic carbocycles. The number of cyclic esters (lactones) is 1. The number of methoxy groups -OCH3 is 1. The summed E-state index contributed by atoms with van der Waals surface area (Å²) >= 11 is 0. The Morgan fingerprint density at radius 3 is 2.31 bits per heavy atom. The topological polar surface area (TPSA) is 70.4 Å². The van der Waals surface area contributed by atoms with Crippen molar-refractivity contribution in [3.63, 3.8) is 0 Å². The molecule has 1 aromatic rings. The van der Waals surface area contributed by atoms with Gasteiger partial charge in [-0.25, -0.2) is 4.79 Å². The Morgan fingerprint density at radius 2 is 1.66 bits per heavy atom. The Labute approximate surface area is 190 Å². The van der Waals surface area contributed by atoms with E-state index in [2.05, 4.69) is 41.5 Å². The molecule has 6 rings (SSSR count). The number of furan rings is 1. The van der Waals surface area contributed by atoms with Crippen molar-refractivity contribution in [3.05, 3.63) is 24.2 Å². The maximum atomic E-state index is 13.1. The maximum absolute atomic E-state index is 13.1. The van der Waals surface area contributed by atoms with Crippen LogP contribution in [0.15, 0.2) is 23.0 Å². The van der Waals surface area contributed by atoms with Gasteiger partial charge >= 0.3 is 5.97 Å². The first kappa shape index (κ1) is 21.2. The molecule has 4 heterocycles. The lowest BCUT2D eigenvalue weighted by atomic mass is 9.37. The summed E-state index contributed by atoms with van der Waals surface area (Å²) in [6, 6.07) is 1.92.